The number of phenols is 1. The van der Waals surface area contributed by atoms with Crippen LogP contribution in [-0.4, -0.2) is 34.3 Å². The number of methoxy groups -OCH3 is 1. The molecule has 0 saturated carbocycles. The molecule has 8 nitrogen and oxygen atoms in total. The third-order valence-corrected chi connectivity index (χ3v) is 3.05. The molecule has 0 atom stereocenters. The number of aryl methyl sites for hydroxylation is 1. The van der Waals surface area contributed by atoms with Gasteiger partial charge in [-0.25, -0.2) is 10.2 Å². The van der Waals surface area contributed by atoms with Crippen molar-refractivity contribution in [2.75, 3.05) is 7.11 Å². The Hall–Kier alpha value is -2.87. The molecule has 120 valence electrons. The molecule has 0 bridgehead atoms. The minimum atomic E-state index is -0.632. The number of nitrogens with one attached hydrogen (secondary N) is 2. The second-order valence-electron chi connectivity index (χ2n) is 4.51. The lowest BCUT2D eigenvalue weighted by Gasteiger charge is -2.06. The highest BCUT2D eigenvalue weighted by atomic mass is 35.5. The maximum Gasteiger partial charge on any atom is 0.345 e. The summed E-state index contributed by atoms with van der Waals surface area (Å²) >= 11 is 5.84. The first kappa shape index (κ1) is 16.5. The molecule has 0 aliphatic rings. The van der Waals surface area contributed by atoms with Gasteiger partial charge in [0.05, 0.1) is 18.3 Å². The lowest BCUT2D eigenvalue weighted by atomic mass is 10.2. The van der Waals surface area contributed by atoms with Gasteiger partial charge in [0.15, 0.2) is 11.5 Å². The molecule has 0 aliphatic heterocycles. The number of halogens is 1. The van der Waals surface area contributed by atoms with Gasteiger partial charge in [-0.2, -0.15) is 10.1 Å². The zero-order chi connectivity index (χ0) is 17.0. The van der Waals surface area contributed by atoms with Crippen LogP contribution in [-0.2, 0) is 0 Å². The number of benzene rings is 1. The molecule has 1 heterocycles. The molecule has 2 rings (SSSR count). The maximum absolute atomic E-state index is 11.9. The van der Waals surface area contributed by atoms with Crippen molar-refractivity contribution in [2.24, 2.45) is 5.10 Å². The Kier molecular flexibility index (Phi) is 4.97. The van der Waals surface area contributed by atoms with Crippen molar-refractivity contribution in [3.05, 3.63) is 50.7 Å². The average molecular weight is 337 g/mol. The molecule has 1 aromatic carbocycles. The third-order valence-electron chi connectivity index (χ3n) is 2.76. The SMILES string of the molecule is COc1cc(/C=N/NC(=O)c2cc(C)[nH]c(=O)n2)cc(Cl)c1O. The van der Waals surface area contributed by atoms with Gasteiger partial charge in [0.1, 0.15) is 5.69 Å². The van der Waals surface area contributed by atoms with Crippen molar-refractivity contribution in [1.82, 2.24) is 15.4 Å². The van der Waals surface area contributed by atoms with E-state index in [4.69, 9.17) is 16.3 Å². The smallest absolute Gasteiger partial charge is 0.345 e. The van der Waals surface area contributed by atoms with Crippen LogP contribution in [0.25, 0.3) is 0 Å². The minimum Gasteiger partial charge on any atom is -0.503 e. The molecule has 23 heavy (non-hydrogen) atoms. The zero-order valence-corrected chi connectivity index (χ0v) is 13.0. The number of carbonyl (C=O) groups excluding carboxylic acids is 1. The normalized spacial score (nSPS) is 10.7. The predicted octanol–water partition coefficient (Wildman–Crippen LogP) is 1.21. The monoisotopic (exact) mass is 336 g/mol. The number of carbonyl (C=O) groups is 1. The number of aromatic amines is 1. The molecule has 0 fully saturated rings. The summed E-state index contributed by atoms with van der Waals surface area (Å²) in [7, 11) is 1.38. The van der Waals surface area contributed by atoms with E-state index in [0.29, 0.717) is 11.3 Å². The first-order chi connectivity index (χ1) is 10.9. The van der Waals surface area contributed by atoms with Crippen LogP contribution in [0.15, 0.2) is 28.1 Å². The first-order valence-corrected chi connectivity index (χ1v) is 6.76. The number of hydrazone groups is 1. The van der Waals surface area contributed by atoms with E-state index < -0.39 is 11.6 Å². The Morgan fingerprint density at radius 2 is 2.22 bits per heavy atom. The van der Waals surface area contributed by atoms with Gasteiger partial charge >= 0.3 is 5.69 Å². The second kappa shape index (κ2) is 6.93. The summed E-state index contributed by atoms with van der Waals surface area (Å²) in [5.41, 5.74) is 2.58. The van der Waals surface area contributed by atoms with Crippen molar-refractivity contribution in [3.8, 4) is 11.5 Å². The lowest BCUT2D eigenvalue weighted by Crippen LogP contribution is -2.24. The number of ether oxygens (including phenoxy) is 1. The Bertz CT molecular complexity index is 832. The highest BCUT2D eigenvalue weighted by molar-refractivity contribution is 6.32. The van der Waals surface area contributed by atoms with E-state index in [1.54, 1.807) is 6.92 Å². The van der Waals surface area contributed by atoms with Crippen LogP contribution in [0.3, 0.4) is 0 Å². The molecule has 3 N–H and O–H groups in total. The van der Waals surface area contributed by atoms with Gasteiger partial charge in [-0.15, -0.1) is 0 Å². The molecule has 0 unspecified atom stereocenters. The van der Waals surface area contributed by atoms with Gasteiger partial charge in [-0.1, -0.05) is 11.6 Å². The number of rotatable bonds is 4. The fraction of sp³-hybridized carbons (Fsp3) is 0.143. The van der Waals surface area contributed by atoms with Crippen molar-refractivity contribution < 1.29 is 14.6 Å². The Morgan fingerprint density at radius 1 is 1.48 bits per heavy atom. The summed E-state index contributed by atoms with van der Waals surface area (Å²) in [5, 5.41) is 13.5. The molecule has 1 aromatic heterocycles. The van der Waals surface area contributed by atoms with Crippen molar-refractivity contribution in [2.45, 2.75) is 6.92 Å². The van der Waals surface area contributed by atoms with Crippen LogP contribution in [0.2, 0.25) is 5.02 Å². The maximum atomic E-state index is 11.9. The standard InChI is InChI=1S/C14H13ClN4O4/c1-7-3-10(18-14(22)17-7)13(21)19-16-6-8-4-9(15)12(20)11(5-8)23-2/h3-6,20H,1-2H3,(H,19,21)(H,17,18,22)/b16-6+. The van der Waals surface area contributed by atoms with E-state index in [9.17, 15) is 14.7 Å². The number of phenolic OH excluding ortho intramolecular Hbond substituents is 1. The minimum absolute atomic E-state index is 0.0512. The quantitative estimate of drug-likeness (QED) is 0.573. The van der Waals surface area contributed by atoms with Crippen molar-refractivity contribution >= 4 is 23.7 Å². The van der Waals surface area contributed by atoms with Gasteiger partial charge in [-0.05, 0) is 30.7 Å². The molecule has 9 heteroatoms. The first-order valence-electron chi connectivity index (χ1n) is 6.38. The average Bonchev–Trinajstić information content (AvgIpc) is 2.49. The number of hydrogen-bond acceptors (Lipinski definition) is 6. The summed E-state index contributed by atoms with van der Waals surface area (Å²) in [4.78, 5) is 29.0. The Morgan fingerprint density at radius 3 is 2.87 bits per heavy atom. The topological polar surface area (TPSA) is 117 Å². The fourth-order valence-electron chi connectivity index (χ4n) is 1.74. The number of hydrogen-bond donors (Lipinski definition) is 3. The zero-order valence-electron chi connectivity index (χ0n) is 12.3. The summed E-state index contributed by atoms with van der Waals surface area (Å²) in [6.07, 6.45) is 1.31. The molecule has 0 spiro atoms. The number of nitrogens with zero attached hydrogens (tertiary/aromatic N) is 2. The van der Waals surface area contributed by atoms with E-state index in [-0.39, 0.29) is 22.2 Å². The summed E-state index contributed by atoms with van der Waals surface area (Å²) in [6.45, 7) is 1.63. The lowest BCUT2D eigenvalue weighted by molar-refractivity contribution is 0.0949. The van der Waals surface area contributed by atoms with Gasteiger partial charge in [0.2, 0.25) is 0 Å². The van der Waals surface area contributed by atoms with Crippen molar-refractivity contribution in [1.29, 1.82) is 0 Å². The van der Waals surface area contributed by atoms with E-state index in [0.717, 1.165) is 0 Å². The largest absolute Gasteiger partial charge is 0.503 e. The van der Waals surface area contributed by atoms with Crippen molar-refractivity contribution in [3.63, 3.8) is 0 Å². The third kappa shape index (κ3) is 4.07. The Balaban J connectivity index is 2.14. The molecule has 0 aliphatic carbocycles. The molecule has 1 amide bonds. The van der Waals surface area contributed by atoms with Gasteiger partial charge < -0.3 is 14.8 Å². The summed E-state index contributed by atoms with van der Waals surface area (Å²) in [6, 6.07) is 4.36. The van der Waals surface area contributed by atoms with E-state index in [2.05, 4.69) is 20.5 Å². The van der Waals surface area contributed by atoms with Crippen LogP contribution in [0.5, 0.6) is 11.5 Å². The number of aromatic nitrogens is 2. The van der Waals surface area contributed by atoms with Crippen LogP contribution < -0.4 is 15.9 Å². The summed E-state index contributed by atoms with van der Waals surface area (Å²) in [5.74, 6) is -0.636. The van der Waals surface area contributed by atoms with Crippen LogP contribution in [0.1, 0.15) is 21.7 Å². The fourth-order valence-corrected chi connectivity index (χ4v) is 1.96. The van der Waals surface area contributed by atoms with Gasteiger partial charge in [0.25, 0.3) is 5.91 Å². The van der Waals surface area contributed by atoms with Crippen LogP contribution >= 0.6 is 11.6 Å². The Labute approximate surface area is 135 Å². The van der Waals surface area contributed by atoms with Crippen LogP contribution in [0.4, 0.5) is 0 Å². The number of H-pyrrole nitrogens is 1. The van der Waals surface area contributed by atoms with Crippen LogP contribution in [0, 0.1) is 6.92 Å². The second-order valence-corrected chi connectivity index (χ2v) is 4.91. The highest BCUT2D eigenvalue weighted by Crippen LogP contribution is 2.34. The van der Waals surface area contributed by atoms with Gasteiger partial charge in [-0.3, -0.25) is 4.79 Å². The van der Waals surface area contributed by atoms with Gasteiger partial charge in [0, 0.05) is 5.69 Å². The number of aromatic hydroxyl groups is 1. The molecule has 0 radical (unpaired) electrons. The number of amides is 1. The molecule has 0 saturated heterocycles. The van der Waals surface area contributed by atoms with E-state index >= 15 is 0 Å². The molecular formula is C14H13ClN4O4. The van der Waals surface area contributed by atoms with E-state index in [1.165, 1.54) is 31.5 Å². The molecular weight excluding hydrogens is 324 g/mol. The van der Waals surface area contributed by atoms with E-state index in [1.807, 2.05) is 0 Å². The highest BCUT2D eigenvalue weighted by Gasteiger charge is 2.09. The molecule has 2 aromatic rings. The summed E-state index contributed by atoms with van der Waals surface area (Å²) < 4.78 is 4.96. The predicted molar refractivity (Wildman–Crippen MR) is 84.3 cm³/mol.